The number of aliphatic hydroxyl groups is 1. The molecule has 2 aliphatic heterocycles. The summed E-state index contributed by atoms with van der Waals surface area (Å²) in [6.07, 6.45) is 4.38. The van der Waals surface area contributed by atoms with E-state index in [-0.39, 0.29) is 24.8 Å². The van der Waals surface area contributed by atoms with E-state index in [4.69, 9.17) is 18.9 Å². The minimum Gasteiger partial charge on any atom is -0.445 e. The normalized spacial score (nSPS) is 25.9. The maximum absolute atomic E-state index is 12.8. The molecule has 7 heteroatoms. The highest BCUT2D eigenvalue weighted by atomic mass is 16.6. The third-order valence-electron chi connectivity index (χ3n) is 6.02. The molecule has 0 radical (unpaired) electrons. The van der Waals surface area contributed by atoms with Gasteiger partial charge >= 0.3 is 6.09 Å². The van der Waals surface area contributed by atoms with Crippen molar-refractivity contribution in [1.29, 1.82) is 0 Å². The van der Waals surface area contributed by atoms with Crippen LogP contribution in [0.1, 0.15) is 44.1 Å². The molecule has 0 aliphatic carbocycles. The van der Waals surface area contributed by atoms with Crippen LogP contribution >= 0.6 is 0 Å². The fraction of sp³-hybridized carbons (Fsp3) is 0.696. The van der Waals surface area contributed by atoms with E-state index in [1.165, 1.54) is 0 Å². The van der Waals surface area contributed by atoms with E-state index in [0.29, 0.717) is 52.3 Å². The Bertz CT molecular complexity index is 626. The number of nitrogens with zero attached hydrogens (tertiary/aromatic N) is 1. The molecule has 0 saturated carbocycles. The zero-order valence-electron chi connectivity index (χ0n) is 18.0. The summed E-state index contributed by atoms with van der Waals surface area (Å²) in [6.45, 7) is 2.93. The van der Waals surface area contributed by atoms with Crippen molar-refractivity contribution in [3.63, 3.8) is 0 Å². The third kappa shape index (κ3) is 6.67. The number of rotatable bonds is 11. The van der Waals surface area contributed by atoms with E-state index in [1.54, 1.807) is 7.11 Å². The maximum atomic E-state index is 12.8. The second kappa shape index (κ2) is 11.6. The number of methoxy groups -OCH3 is 1. The standard InChI is InChI=1S/C23H35NO6/c1-27-12-13-29-15-14-28-11-10-23(26)16-20-8-5-9-21(17-23)24(20)22(25)30-18-19-6-3-2-4-7-19/h2-4,6-7,20-21,26H,5,8-18H2,1H3. The molecule has 3 rings (SSSR count). The van der Waals surface area contributed by atoms with E-state index < -0.39 is 5.60 Å². The molecule has 7 nitrogen and oxygen atoms in total. The molecule has 30 heavy (non-hydrogen) atoms. The molecule has 168 valence electrons. The number of piperidine rings is 2. The Morgan fingerprint density at radius 1 is 1.03 bits per heavy atom. The van der Waals surface area contributed by atoms with Gasteiger partial charge in [0.15, 0.2) is 0 Å². The van der Waals surface area contributed by atoms with Crippen LogP contribution in [0.5, 0.6) is 0 Å². The topological polar surface area (TPSA) is 77.5 Å². The molecular formula is C23H35NO6. The first kappa shape index (κ1) is 23.0. The summed E-state index contributed by atoms with van der Waals surface area (Å²) in [6, 6.07) is 9.78. The van der Waals surface area contributed by atoms with E-state index >= 15 is 0 Å². The van der Waals surface area contributed by atoms with Gasteiger partial charge in [-0.3, -0.25) is 0 Å². The zero-order valence-corrected chi connectivity index (χ0v) is 18.0. The zero-order chi connectivity index (χ0) is 21.2. The van der Waals surface area contributed by atoms with Crippen molar-refractivity contribution >= 4 is 6.09 Å². The number of fused-ring (bicyclic) bond motifs is 2. The summed E-state index contributed by atoms with van der Waals surface area (Å²) >= 11 is 0. The lowest BCUT2D eigenvalue weighted by atomic mass is 9.74. The summed E-state index contributed by atoms with van der Waals surface area (Å²) < 4.78 is 21.5. The molecule has 2 bridgehead atoms. The van der Waals surface area contributed by atoms with Gasteiger partial charge in [-0.1, -0.05) is 30.3 Å². The molecule has 2 saturated heterocycles. The minimum atomic E-state index is -0.789. The predicted molar refractivity (Wildman–Crippen MR) is 112 cm³/mol. The Balaban J connectivity index is 1.43. The van der Waals surface area contributed by atoms with Gasteiger partial charge in [0.05, 0.1) is 32.0 Å². The van der Waals surface area contributed by atoms with Crippen molar-refractivity contribution in [1.82, 2.24) is 4.90 Å². The summed E-state index contributed by atoms with van der Waals surface area (Å²) in [7, 11) is 1.64. The highest BCUT2D eigenvalue weighted by Gasteiger charge is 2.47. The molecule has 2 fully saturated rings. The van der Waals surface area contributed by atoms with Gasteiger partial charge in [0, 0.05) is 25.8 Å². The summed E-state index contributed by atoms with van der Waals surface area (Å²) in [5, 5.41) is 11.2. The van der Waals surface area contributed by atoms with Gasteiger partial charge in [0.25, 0.3) is 0 Å². The van der Waals surface area contributed by atoms with E-state index in [9.17, 15) is 9.90 Å². The summed E-state index contributed by atoms with van der Waals surface area (Å²) in [5.74, 6) is 0. The lowest BCUT2D eigenvalue weighted by molar-refractivity contribution is -0.0992. The van der Waals surface area contributed by atoms with E-state index in [1.807, 2.05) is 35.2 Å². The Morgan fingerprint density at radius 3 is 2.33 bits per heavy atom. The largest absolute Gasteiger partial charge is 0.445 e. The summed E-state index contributed by atoms with van der Waals surface area (Å²) in [5.41, 5.74) is 0.191. The van der Waals surface area contributed by atoms with Crippen molar-refractivity contribution < 1.29 is 28.8 Å². The van der Waals surface area contributed by atoms with Crippen LogP contribution < -0.4 is 0 Å². The molecule has 2 heterocycles. The first-order chi connectivity index (χ1) is 14.6. The van der Waals surface area contributed by atoms with Crippen molar-refractivity contribution in [2.45, 2.75) is 62.8 Å². The van der Waals surface area contributed by atoms with Crippen LogP contribution in [0, 0.1) is 0 Å². The Morgan fingerprint density at radius 2 is 1.67 bits per heavy atom. The Labute approximate surface area is 179 Å². The highest BCUT2D eigenvalue weighted by Crippen LogP contribution is 2.41. The Kier molecular flexibility index (Phi) is 8.93. The van der Waals surface area contributed by atoms with Gasteiger partial charge < -0.3 is 29.0 Å². The van der Waals surface area contributed by atoms with Crippen LogP contribution in [0.4, 0.5) is 4.79 Å². The first-order valence-electron chi connectivity index (χ1n) is 11.0. The van der Waals surface area contributed by atoms with Gasteiger partial charge in [0.1, 0.15) is 6.61 Å². The SMILES string of the molecule is COCCOCCOCCC1(O)CC2CCCC(C1)N2C(=O)OCc1ccccc1. The van der Waals surface area contributed by atoms with Crippen molar-refractivity contribution in [3.8, 4) is 0 Å². The molecule has 2 aliphatic rings. The maximum Gasteiger partial charge on any atom is 0.410 e. The number of hydrogen-bond acceptors (Lipinski definition) is 6. The number of amides is 1. The first-order valence-corrected chi connectivity index (χ1v) is 11.0. The summed E-state index contributed by atoms with van der Waals surface area (Å²) in [4.78, 5) is 14.7. The molecule has 2 unspecified atom stereocenters. The number of benzene rings is 1. The van der Waals surface area contributed by atoms with Crippen LogP contribution in [0.15, 0.2) is 30.3 Å². The van der Waals surface area contributed by atoms with Crippen LogP contribution in [0.3, 0.4) is 0 Å². The average molecular weight is 422 g/mol. The van der Waals surface area contributed by atoms with Crippen LogP contribution in [-0.4, -0.2) is 73.9 Å². The third-order valence-corrected chi connectivity index (χ3v) is 6.02. The fourth-order valence-electron chi connectivity index (χ4n) is 4.55. The van der Waals surface area contributed by atoms with Crippen molar-refractivity contribution in [3.05, 3.63) is 35.9 Å². The molecule has 1 aromatic carbocycles. The number of carbonyl (C=O) groups is 1. The average Bonchev–Trinajstić information content (AvgIpc) is 2.74. The number of hydrogen-bond donors (Lipinski definition) is 1. The smallest absolute Gasteiger partial charge is 0.410 e. The van der Waals surface area contributed by atoms with Crippen molar-refractivity contribution in [2.24, 2.45) is 0 Å². The van der Waals surface area contributed by atoms with Gasteiger partial charge in [-0.2, -0.15) is 0 Å². The van der Waals surface area contributed by atoms with E-state index in [2.05, 4.69) is 0 Å². The number of ether oxygens (including phenoxy) is 4. The second-order valence-electron chi connectivity index (χ2n) is 8.29. The van der Waals surface area contributed by atoms with Gasteiger partial charge in [-0.15, -0.1) is 0 Å². The lowest BCUT2D eigenvalue weighted by Gasteiger charge is -2.51. The molecule has 2 atom stereocenters. The van der Waals surface area contributed by atoms with Gasteiger partial charge in [0.2, 0.25) is 0 Å². The predicted octanol–water partition coefficient (Wildman–Crippen LogP) is 3.14. The quantitative estimate of drug-likeness (QED) is 0.553. The second-order valence-corrected chi connectivity index (χ2v) is 8.29. The fourth-order valence-corrected chi connectivity index (χ4v) is 4.55. The van der Waals surface area contributed by atoms with E-state index in [0.717, 1.165) is 24.8 Å². The molecular weight excluding hydrogens is 386 g/mol. The Hall–Kier alpha value is -1.67. The highest BCUT2D eigenvalue weighted by molar-refractivity contribution is 5.69. The van der Waals surface area contributed by atoms with Crippen LogP contribution in [-0.2, 0) is 25.6 Å². The molecule has 1 aromatic rings. The monoisotopic (exact) mass is 421 g/mol. The number of carbonyl (C=O) groups excluding carboxylic acids is 1. The molecule has 0 spiro atoms. The van der Waals surface area contributed by atoms with Crippen LogP contribution in [0.25, 0.3) is 0 Å². The van der Waals surface area contributed by atoms with Gasteiger partial charge in [-0.05, 0) is 44.1 Å². The molecule has 1 amide bonds. The molecule has 1 N–H and O–H groups in total. The lowest BCUT2D eigenvalue weighted by Crippen LogP contribution is -2.60. The van der Waals surface area contributed by atoms with Crippen molar-refractivity contribution in [2.75, 3.05) is 40.1 Å². The molecule has 0 aromatic heterocycles. The van der Waals surface area contributed by atoms with Crippen LogP contribution in [0.2, 0.25) is 0 Å². The minimum absolute atomic E-state index is 0.0307. The van der Waals surface area contributed by atoms with Gasteiger partial charge in [-0.25, -0.2) is 4.79 Å².